The topological polar surface area (TPSA) is 75.9 Å². The molecule has 7 heteroatoms. The van der Waals surface area contributed by atoms with Crippen molar-refractivity contribution in [3.05, 3.63) is 35.3 Å². The Bertz CT molecular complexity index is 696. The first-order valence-electron chi connectivity index (χ1n) is 8.02. The van der Waals surface area contributed by atoms with Crippen LogP contribution in [0, 0.1) is 6.92 Å². The van der Waals surface area contributed by atoms with Crippen LogP contribution < -0.4 is 5.32 Å². The number of nitrogens with one attached hydrogen (secondary N) is 1. The van der Waals surface area contributed by atoms with E-state index < -0.39 is 0 Å². The summed E-state index contributed by atoms with van der Waals surface area (Å²) in [6, 6.07) is 2.00. The second-order valence-electron chi connectivity index (χ2n) is 5.83. The third-order valence-electron chi connectivity index (χ3n) is 3.97. The van der Waals surface area contributed by atoms with E-state index in [-0.39, 0.29) is 5.91 Å². The fourth-order valence-corrected chi connectivity index (χ4v) is 2.77. The van der Waals surface area contributed by atoms with Crippen LogP contribution in [0.4, 0.5) is 5.82 Å². The predicted octanol–water partition coefficient (Wildman–Crippen LogP) is 1.39. The van der Waals surface area contributed by atoms with Gasteiger partial charge in [-0.1, -0.05) is 0 Å². The monoisotopic (exact) mass is 314 g/mol. The lowest BCUT2D eigenvalue weighted by atomic mass is 10.1. The first-order valence-corrected chi connectivity index (χ1v) is 8.02. The Morgan fingerprint density at radius 1 is 1.39 bits per heavy atom. The Morgan fingerprint density at radius 3 is 3.00 bits per heavy atom. The Morgan fingerprint density at radius 2 is 2.26 bits per heavy atom. The highest BCUT2D eigenvalue weighted by molar-refractivity contribution is 5.76. The zero-order valence-electron chi connectivity index (χ0n) is 13.6. The second kappa shape index (κ2) is 6.76. The van der Waals surface area contributed by atoms with Crippen LogP contribution in [-0.4, -0.2) is 43.9 Å². The minimum Gasteiger partial charge on any atom is -0.369 e. The van der Waals surface area contributed by atoms with Gasteiger partial charge in [-0.3, -0.25) is 9.48 Å². The van der Waals surface area contributed by atoms with Gasteiger partial charge in [0, 0.05) is 45.2 Å². The Labute approximate surface area is 135 Å². The summed E-state index contributed by atoms with van der Waals surface area (Å²) in [5.41, 5.74) is 3.20. The molecule has 0 unspecified atom stereocenters. The van der Waals surface area contributed by atoms with Crippen LogP contribution >= 0.6 is 0 Å². The molecule has 122 valence electrons. The lowest BCUT2D eigenvalue weighted by Gasteiger charge is -2.28. The van der Waals surface area contributed by atoms with Crippen LogP contribution in [0.25, 0.3) is 0 Å². The highest BCUT2D eigenvalue weighted by Gasteiger charge is 2.22. The lowest BCUT2D eigenvalue weighted by molar-refractivity contribution is -0.132. The van der Waals surface area contributed by atoms with Crippen LogP contribution in [0.15, 0.2) is 18.5 Å². The van der Waals surface area contributed by atoms with Crippen molar-refractivity contribution in [2.45, 2.75) is 39.8 Å². The minimum atomic E-state index is 0.158. The number of aromatic nitrogens is 4. The number of hydrogen-bond donors (Lipinski definition) is 1. The van der Waals surface area contributed by atoms with Gasteiger partial charge in [0.1, 0.15) is 5.82 Å². The summed E-state index contributed by atoms with van der Waals surface area (Å²) >= 11 is 0. The Hall–Kier alpha value is -2.44. The van der Waals surface area contributed by atoms with E-state index >= 15 is 0 Å². The fraction of sp³-hybridized carbons (Fsp3) is 0.500. The molecule has 1 aliphatic heterocycles. The van der Waals surface area contributed by atoms with Crippen molar-refractivity contribution in [1.29, 1.82) is 0 Å². The summed E-state index contributed by atoms with van der Waals surface area (Å²) < 4.78 is 1.82. The fourth-order valence-electron chi connectivity index (χ4n) is 2.77. The molecule has 2 aromatic heterocycles. The van der Waals surface area contributed by atoms with E-state index in [9.17, 15) is 4.79 Å². The highest BCUT2D eigenvalue weighted by atomic mass is 16.2. The van der Waals surface area contributed by atoms with E-state index in [1.54, 1.807) is 0 Å². The van der Waals surface area contributed by atoms with Crippen LogP contribution in [0.1, 0.15) is 30.2 Å². The molecule has 0 radical (unpaired) electrons. The summed E-state index contributed by atoms with van der Waals surface area (Å²) in [5, 5.41) is 15.8. The van der Waals surface area contributed by atoms with Gasteiger partial charge < -0.3 is 10.2 Å². The molecule has 0 aliphatic carbocycles. The molecule has 2 aromatic rings. The average Bonchev–Trinajstić information content (AvgIpc) is 2.98. The van der Waals surface area contributed by atoms with Gasteiger partial charge in [0.2, 0.25) is 5.91 Å². The van der Waals surface area contributed by atoms with E-state index in [4.69, 9.17) is 0 Å². The third kappa shape index (κ3) is 3.67. The number of aryl methyl sites for hydroxylation is 2. The van der Waals surface area contributed by atoms with E-state index in [1.165, 1.54) is 0 Å². The molecule has 0 fully saturated rings. The van der Waals surface area contributed by atoms with E-state index in [0.29, 0.717) is 26.1 Å². The van der Waals surface area contributed by atoms with Gasteiger partial charge in [-0.15, -0.1) is 5.10 Å². The van der Waals surface area contributed by atoms with E-state index in [2.05, 4.69) is 20.6 Å². The lowest BCUT2D eigenvalue weighted by Crippen LogP contribution is -2.37. The van der Waals surface area contributed by atoms with Gasteiger partial charge in [0.15, 0.2) is 0 Å². The summed E-state index contributed by atoms with van der Waals surface area (Å²) in [6.07, 6.45) is 5.00. The molecule has 0 bridgehead atoms. The van der Waals surface area contributed by atoms with Crippen LogP contribution in [0.2, 0.25) is 0 Å². The number of carbonyl (C=O) groups excluding carboxylic acids is 1. The summed E-state index contributed by atoms with van der Waals surface area (Å²) in [4.78, 5) is 14.3. The number of nitrogens with zero attached hydrogens (tertiary/aromatic N) is 5. The molecule has 3 heterocycles. The first kappa shape index (κ1) is 15.5. The molecule has 7 nitrogen and oxygen atoms in total. The first-order chi connectivity index (χ1) is 11.2. The summed E-state index contributed by atoms with van der Waals surface area (Å²) in [5.74, 6) is 0.929. The van der Waals surface area contributed by atoms with E-state index in [1.807, 2.05) is 41.9 Å². The zero-order chi connectivity index (χ0) is 16.2. The Kier molecular flexibility index (Phi) is 4.55. The van der Waals surface area contributed by atoms with Gasteiger partial charge in [0.05, 0.1) is 11.9 Å². The molecule has 0 aromatic carbocycles. The number of rotatable bonds is 5. The summed E-state index contributed by atoms with van der Waals surface area (Å²) in [6.45, 7) is 6.76. The molecule has 0 atom stereocenters. The SMILES string of the molecule is CCNc1cc2c(nn1)CCN(C(=O)CCn1cc(C)cn1)C2. The van der Waals surface area contributed by atoms with Gasteiger partial charge in [-0.2, -0.15) is 10.2 Å². The largest absolute Gasteiger partial charge is 0.369 e. The number of amides is 1. The van der Waals surface area contributed by atoms with Crippen molar-refractivity contribution < 1.29 is 4.79 Å². The van der Waals surface area contributed by atoms with Gasteiger partial charge >= 0.3 is 0 Å². The standard InChI is InChI=1S/C16H22N6O/c1-3-17-15-8-13-11-21(6-4-14(13)19-20-15)16(23)5-7-22-10-12(2)9-18-22/h8-10H,3-7,11H2,1-2H3,(H,17,20). The van der Waals surface area contributed by atoms with Crippen molar-refractivity contribution in [1.82, 2.24) is 24.9 Å². The second-order valence-corrected chi connectivity index (χ2v) is 5.83. The number of hydrogen-bond acceptors (Lipinski definition) is 5. The molecule has 0 saturated carbocycles. The smallest absolute Gasteiger partial charge is 0.224 e. The highest BCUT2D eigenvalue weighted by Crippen LogP contribution is 2.19. The Balaban J connectivity index is 1.61. The molecule has 1 N–H and O–H groups in total. The van der Waals surface area contributed by atoms with Crippen LogP contribution in [-0.2, 0) is 24.3 Å². The van der Waals surface area contributed by atoms with E-state index in [0.717, 1.165) is 35.6 Å². The molecule has 0 saturated heterocycles. The van der Waals surface area contributed by atoms with Crippen molar-refractivity contribution in [2.75, 3.05) is 18.4 Å². The normalized spacial score (nSPS) is 13.7. The molecule has 0 spiro atoms. The molecule has 1 amide bonds. The molecule has 23 heavy (non-hydrogen) atoms. The maximum atomic E-state index is 12.4. The average molecular weight is 314 g/mol. The van der Waals surface area contributed by atoms with Crippen molar-refractivity contribution in [3.8, 4) is 0 Å². The molecular formula is C16H22N6O. The van der Waals surface area contributed by atoms with Crippen LogP contribution in [0.3, 0.4) is 0 Å². The third-order valence-corrected chi connectivity index (χ3v) is 3.97. The van der Waals surface area contributed by atoms with Gasteiger partial charge in [0.25, 0.3) is 0 Å². The van der Waals surface area contributed by atoms with Crippen molar-refractivity contribution >= 4 is 11.7 Å². The number of carbonyl (C=O) groups is 1. The van der Waals surface area contributed by atoms with Gasteiger partial charge in [-0.05, 0) is 31.0 Å². The maximum absolute atomic E-state index is 12.4. The quantitative estimate of drug-likeness (QED) is 0.902. The summed E-state index contributed by atoms with van der Waals surface area (Å²) in [7, 11) is 0. The number of anilines is 1. The number of fused-ring (bicyclic) bond motifs is 1. The molecule has 3 rings (SSSR count). The predicted molar refractivity (Wildman–Crippen MR) is 86.9 cm³/mol. The van der Waals surface area contributed by atoms with Crippen molar-refractivity contribution in [3.63, 3.8) is 0 Å². The molecule has 1 aliphatic rings. The molecular weight excluding hydrogens is 292 g/mol. The van der Waals surface area contributed by atoms with Gasteiger partial charge in [-0.25, -0.2) is 0 Å². The van der Waals surface area contributed by atoms with Crippen LogP contribution in [0.5, 0.6) is 0 Å². The zero-order valence-corrected chi connectivity index (χ0v) is 13.6. The van der Waals surface area contributed by atoms with Crippen molar-refractivity contribution in [2.24, 2.45) is 0 Å². The minimum absolute atomic E-state index is 0.158. The maximum Gasteiger partial charge on any atom is 0.224 e.